The highest BCUT2D eigenvalue weighted by atomic mass is 32.2. The van der Waals surface area contributed by atoms with Gasteiger partial charge in [-0.3, -0.25) is 0 Å². The average Bonchev–Trinajstić information content (AvgIpc) is 2.33. The molecule has 0 heterocycles. The molecule has 1 fully saturated rings. The highest BCUT2D eigenvalue weighted by Crippen LogP contribution is 2.30. The van der Waals surface area contributed by atoms with Crippen LogP contribution < -0.4 is 5.32 Å². The summed E-state index contributed by atoms with van der Waals surface area (Å²) < 4.78 is 29.2. The third kappa shape index (κ3) is 5.79. The highest BCUT2D eigenvalue weighted by molar-refractivity contribution is 7.91. The fraction of sp³-hybridized carbons (Fsp3) is 1.00. The maximum absolute atomic E-state index is 11.7. The lowest BCUT2D eigenvalue weighted by Gasteiger charge is -2.34. The van der Waals surface area contributed by atoms with Crippen molar-refractivity contribution in [2.45, 2.75) is 63.9 Å². The molecule has 1 rings (SSSR count). The van der Waals surface area contributed by atoms with Gasteiger partial charge in [-0.1, -0.05) is 13.3 Å². The number of rotatable bonds is 7. The molecule has 0 amide bonds. The van der Waals surface area contributed by atoms with Gasteiger partial charge < -0.3 is 10.1 Å². The zero-order valence-electron chi connectivity index (χ0n) is 12.7. The lowest BCUT2D eigenvalue weighted by molar-refractivity contribution is 0.0435. The van der Waals surface area contributed by atoms with Crippen LogP contribution in [0.25, 0.3) is 0 Å². The van der Waals surface area contributed by atoms with Crippen LogP contribution in [-0.4, -0.2) is 45.2 Å². The van der Waals surface area contributed by atoms with Gasteiger partial charge in [-0.2, -0.15) is 0 Å². The van der Waals surface area contributed by atoms with Crippen molar-refractivity contribution in [3.05, 3.63) is 0 Å². The van der Waals surface area contributed by atoms with Crippen molar-refractivity contribution in [3.63, 3.8) is 0 Å². The van der Waals surface area contributed by atoms with Crippen molar-refractivity contribution in [3.8, 4) is 0 Å². The van der Waals surface area contributed by atoms with Crippen molar-refractivity contribution in [2.24, 2.45) is 5.92 Å². The molecule has 0 bridgehead atoms. The second-order valence-electron chi connectivity index (χ2n) is 5.92. The molecule has 0 spiro atoms. The van der Waals surface area contributed by atoms with Crippen molar-refractivity contribution in [2.75, 3.05) is 19.4 Å². The molecular formula is C14H29NO3S. The molecule has 3 unspecified atom stereocenters. The first-order valence-electron chi connectivity index (χ1n) is 7.38. The van der Waals surface area contributed by atoms with Gasteiger partial charge in [0.05, 0.1) is 18.0 Å². The molecule has 0 saturated heterocycles. The van der Waals surface area contributed by atoms with Crippen LogP contribution in [0.3, 0.4) is 0 Å². The van der Waals surface area contributed by atoms with Gasteiger partial charge in [0, 0.05) is 12.3 Å². The molecule has 3 atom stereocenters. The van der Waals surface area contributed by atoms with E-state index in [1.165, 1.54) is 6.26 Å². The third-order valence-corrected chi connectivity index (χ3v) is 5.56. The van der Waals surface area contributed by atoms with Crippen molar-refractivity contribution >= 4 is 9.84 Å². The summed E-state index contributed by atoms with van der Waals surface area (Å²) in [6.07, 6.45) is 5.29. The van der Waals surface area contributed by atoms with Crippen LogP contribution >= 0.6 is 0 Å². The summed E-state index contributed by atoms with van der Waals surface area (Å²) >= 11 is 0. The van der Waals surface area contributed by atoms with E-state index in [4.69, 9.17) is 4.74 Å². The summed E-state index contributed by atoms with van der Waals surface area (Å²) in [6, 6.07) is 0.275. The molecule has 0 aromatic carbocycles. The SMILES string of the molecule is CCNC(COC(C)C)C1CCCC(S(C)(=O)=O)C1. The number of sulfone groups is 1. The Morgan fingerprint density at radius 2 is 2.00 bits per heavy atom. The summed E-state index contributed by atoms with van der Waals surface area (Å²) in [5.41, 5.74) is 0. The maximum Gasteiger partial charge on any atom is 0.150 e. The van der Waals surface area contributed by atoms with Crippen LogP contribution in [0.5, 0.6) is 0 Å². The predicted octanol–water partition coefficient (Wildman–Crippen LogP) is 1.99. The average molecular weight is 291 g/mol. The van der Waals surface area contributed by atoms with Gasteiger partial charge in [-0.25, -0.2) is 8.42 Å². The first-order valence-corrected chi connectivity index (χ1v) is 9.33. The van der Waals surface area contributed by atoms with Gasteiger partial charge in [-0.15, -0.1) is 0 Å². The molecule has 19 heavy (non-hydrogen) atoms. The first kappa shape index (κ1) is 16.9. The number of nitrogens with one attached hydrogen (secondary N) is 1. The number of hydrogen-bond donors (Lipinski definition) is 1. The Labute approximate surface area is 118 Å². The molecule has 1 aliphatic carbocycles. The smallest absolute Gasteiger partial charge is 0.150 e. The molecule has 0 aromatic heterocycles. The summed E-state index contributed by atoms with van der Waals surface area (Å²) in [7, 11) is -2.91. The normalized spacial score (nSPS) is 26.6. The van der Waals surface area contributed by atoms with Crippen LogP contribution in [-0.2, 0) is 14.6 Å². The fourth-order valence-electron chi connectivity index (χ4n) is 2.86. The van der Waals surface area contributed by atoms with E-state index in [1.807, 2.05) is 13.8 Å². The Morgan fingerprint density at radius 1 is 1.32 bits per heavy atom. The summed E-state index contributed by atoms with van der Waals surface area (Å²) in [5.74, 6) is 0.409. The van der Waals surface area contributed by atoms with Crippen LogP contribution in [0.4, 0.5) is 0 Å². The number of hydrogen-bond acceptors (Lipinski definition) is 4. The van der Waals surface area contributed by atoms with E-state index in [2.05, 4.69) is 12.2 Å². The molecule has 1 aliphatic rings. The fourth-order valence-corrected chi connectivity index (χ4v) is 4.05. The van der Waals surface area contributed by atoms with Crippen LogP contribution in [0, 0.1) is 5.92 Å². The van der Waals surface area contributed by atoms with E-state index in [0.717, 1.165) is 32.2 Å². The molecule has 0 aromatic rings. The minimum atomic E-state index is -2.91. The molecule has 114 valence electrons. The first-order chi connectivity index (χ1) is 8.84. The minimum Gasteiger partial charge on any atom is -0.377 e. The van der Waals surface area contributed by atoms with Gasteiger partial charge in [0.2, 0.25) is 0 Å². The lowest BCUT2D eigenvalue weighted by Crippen LogP contribution is -2.44. The van der Waals surface area contributed by atoms with E-state index in [-0.39, 0.29) is 17.4 Å². The monoisotopic (exact) mass is 291 g/mol. The molecule has 4 nitrogen and oxygen atoms in total. The maximum atomic E-state index is 11.7. The van der Waals surface area contributed by atoms with Crippen molar-refractivity contribution < 1.29 is 13.2 Å². The van der Waals surface area contributed by atoms with E-state index >= 15 is 0 Å². The van der Waals surface area contributed by atoms with Gasteiger partial charge in [0.15, 0.2) is 0 Å². The van der Waals surface area contributed by atoms with Crippen LogP contribution in [0.2, 0.25) is 0 Å². The van der Waals surface area contributed by atoms with E-state index in [9.17, 15) is 8.42 Å². The van der Waals surface area contributed by atoms with Crippen molar-refractivity contribution in [1.82, 2.24) is 5.32 Å². The quantitative estimate of drug-likeness (QED) is 0.779. The van der Waals surface area contributed by atoms with Crippen LogP contribution in [0.15, 0.2) is 0 Å². The van der Waals surface area contributed by atoms with E-state index in [0.29, 0.717) is 12.5 Å². The zero-order chi connectivity index (χ0) is 14.5. The molecule has 5 heteroatoms. The molecule has 0 aliphatic heterocycles. The topological polar surface area (TPSA) is 55.4 Å². The predicted molar refractivity (Wildman–Crippen MR) is 79.1 cm³/mol. The van der Waals surface area contributed by atoms with Gasteiger partial charge in [0.25, 0.3) is 0 Å². The Balaban J connectivity index is 2.62. The second kappa shape index (κ2) is 7.60. The van der Waals surface area contributed by atoms with Gasteiger partial charge in [-0.05, 0) is 45.6 Å². The lowest BCUT2D eigenvalue weighted by atomic mass is 9.83. The molecule has 1 saturated carbocycles. The largest absolute Gasteiger partial charge is 0.377 e. The summed E-state index contributed by atoms with van der Waals surface area (Å²) in [5, 5.41) is 3.30. The Hall–Kier alpha value is -0.130. The minimum absolute atomic E-state index is 0.161. The van der Waals surface area contributed by atoms with E-state index < -0.39 is 9.84 Å². The number of likely N-dealkylation sites (N-methyl/N-ethyl adjacent to an activating group) is 1. The molecule has 1 N–H and O–H groups in total. The van der Waals surface area contributed by atoms with Crippen molar-refractivity contribution in [1.29, 1.82) is 0 Å². The zero-order valence-corrected chi connectivity index (χ0v) is 13.5. The van der Waals surface area contributed by atoms with Gasteiger partial charge in [0.1, 0.15) is 9.84 Å². The summed E-state index contributed by atoms with van der Waals surface area (Å²) in [4.78, 5) is 0. The summed E-state index contributed by atoms with van der Waals surface area (Å²) in [6.45, 7) is 7.71. The standard InChI is InChI=1S/C14H29NO3S/c1-5-15-14(10-18-11(2)3)12-7-6-8-13(9-12)19(4,16)17/h11-15H,5-10H2,1-4H3. The third-order valence-electron chi connectivity index (χ3n) is 3.92. The molecular weight excluding hydrogens is 262 g/mol. The molecule has 0 radical (unpaired) electrons. The Kier molecular flexibility index (Phi) is 6.77. The van der Waals surface area contributed by atoms with E-state index in [1.54, 1.807) is 0 Å². The number of ether oxygens (including phenoxy) is 1. The Morgan fingerprint density at radius 3 is 2.53 bits per heavy atom. The Bertz CT molecular complexity index is 354. The van der Waals surface area contributed by atoms with Gasteiger partial charge >= 0.3 is 0 Å². The second-order valence-corrected chi connectivity index (χ2v) is 8.25. The van der Waals surface area contributed by atoms with Crippen LogP contribution in [0.1, 0.15) is 46.5 Å². The highest BCUT2D eigenvalue weighted by Gasteiger charge is 2.32.